The van der Waals surface area contributed by atoms with Crippen LogP contribution in [0.2, 0.25) is 0 Å². The first-order valence-electron chi connectivity index (χ1n) is 8.15. The Bertz CT molecular complexity index is 988. The second kappa shape index (κ2) is 6.09. The highest BCUT2D eigenvalue weighted by atomic mass is 32.2. The van der Waals surface area contributed by atoms with Crippen molar-refractivity contribution in [2.45, 2.75) is 4.90 Å². The van der Waals surface area contributed by atoms with E-state index in [4.69, 9.17) is 0 Å². The van der Waals surface area contributed by atoms with E-state index >= 15 is 0 Å². The average Bonchev–Trinajstić information content (AvgIpc) is 3.10. The number of fused-ring (bicyclic) bond motifs is 1. The fraction of sp³-hybridized carbons (Fsp3) is 0.222. The van der Waals surface area contributed by atoms with Crippen LogP contribution in [0.25, 0.3) is 10.9 Å². The fourth-order valence-corrected chi connectivity index (χ4v) is 4.64. The van der Waals surface area contributed by atoms with Gasteiger partial charge < -0.3 is 15.0 Å². The predicted molar refractivity (Wildman–Crippen MR) is 97.4 cm³/mol. The SMILES string of the molecule is O=S(=O)(c1ccc2cc[nH]c2c1)N1CCN(c2ccc(O)cc2)CC1. The van der Waals surface area contributed by atoms with E-state index in [1.165, 1.54) is 4.31 Å². The van der Waals surface area contributed by atoms with Gasteiger partial charge >= 0.3 is 0 Å². The number of rotatable bonds is 3. The molecule has 4 rings (SSSR count). The normalized spacial score (nSPS) is 16.4. The Hall–Kier alpha value is -2.51. The number of sulfonamides is 1. The Morgan fingerprint density at radius 1 is 0.920 bits per heavy atom. The lowest BCUT2D eigenvalue weighted by molar-refractivity contribution is 0.385. The zero-order chi connectivity index (χ0) is 17.4. The van der Waals surface area contributed by atoms with Gasteiger partial charge in [0.15, 0.2) is 0 Å². The Labute approximate surface area is 146 Å². The lowest BCUT2D eigenvalue weighted by atomic mass is 10.2. The highest BCUT2D eigenvalue weighted by Gasteiger charge is 2.28. The van der Waals surface area contributed by atoms with Crippen LogP contribution >= 0.6 is 0 Å². The predicted octanol–water partition coefficient (Wildman–Crippen LogP) is 2.38. The van der Waals surface area contributed by atoms with Crippen LogP contribution in [-0.4, -0.2) is 49.0 Å². The van der Waals surface area contributed by atoms with E-state index in [0.29, 0.717) is 31.1 Å². The molecule has 1 saturated heterocycles. The maximum Gasteiger partial charge on any atom is 0.243 e. The van der Waals surface area contributed by atoms with Crippen LogP contribution in [0.1, 0.15) is 0 Å². The number of aromatic amines is 1. The van der Waals surface area contributed by atoms with Crippen LogP contribution in [-0.2, 0) is 10.0 Å². The van der Waals surface area contributed by atoms with Crippen molar-refractivity contribution in [3.8, 4) is 5.75 Å². The van der Waals surface area contributed by atoms with E-state index in [2.05, 4.69) is 9.88 Å². The summed E-state index contributed by atoms with van der Waals surface area (Å²) in [6, 6.07) is 14.1. The molecule has 0 saturated carbocycles. The van der Waals surface area contributed by atoms with E-state index in [9.17, 15) is 13.5 Å². The fourth-order valence-electron chi connectivity index (χ4n) is 3.19. The van der Waals surface area contributed by atoms with E-state index in [0.717, 1.165) is 16.6 Å². The summed E-state index contributed by atoms with van der Waals surface area (Å²) in [4.78, 5) is 5.50. The molecule has 0 unspecified atom stereocenters. The molecule has 130 valence electrons. The molecular formula is C18H19N3O3S. The molecule has 3 aromatic rings. The van der Waals surface area contributed by atoms with Gasteiger partial charge in [-0.1, -0.05) is 6.07 Å². The van der Waals surface area contributed by atoms with Gasteiger partial charge in [-0.2, -0.15) is 4.31 Å². The summed E-state index contributed by atoms with van der Waals surface area (Å²) < 4.78 is 27.3. The van der Waals surface area contributed by atoms with Crippen LogP contribution in [0, 0.1) is 0 Å². The number of anilines is 1. The summed E-state index contributed by atoms with van der Waals surface area (Å²) in [5.74, 6) is 0.227. The minimum Gasteiger partial charge on any atom is -0.508 e. The molecule has 7 heteroatoms. The number of hydrogen-bond donors (Lipinski definition) is 2. The van der Waals surface area contributed by atoms with Crippen LogP contribution in [0.5, 0.6) is 5.75 Å². The Morgan fingerprint density at radius 3 is 2.36 bits per heavy atom. The highest BCUT2D eigenvalue weighted by molar-refractivity contribution is 7.89. The lowest BCUT2D eigenvalue weighted by Gasteiger charge is -2.35. The summed E-state index contributed by atoms with van der Waals surface area (Å²) in [5, 5.41) is 10.4. The number of H-pyrrole nitrogens is 1. The van der Waals surface area contributed by atoms with Crippen molar-refractivity contribution >= 4 is 26.6 Å². The number of phenolic OH excluding ortho intramolecular Hbond substituents is 1. The third kappa shape index (κ3) is 2.96. The first-order valence-corrected chi connectivity index (χ1v) is 9.59. The molecule has 2 aromatic carbocycles. The van der Waals surface area contributed by atoms with Crippen LogP contribution < -0.4 is 4.90 Å². The first kappa shape index (κ1) is 16.0. The Balaban J connectivity index is 1.51. The Kier molecular flexibility index (Phi) is 3.89. The second-order valence-electron chi connectivity index (χ2n) is 6.13. The second-order valence-corrected chi connectivity index (χ2v) is 8.07. The maximum absolute atomic E-state index is 12.9. The molecule has 0 spiro atoms. The topological polar surface area (TPSA) is 76.6 Å². The van der Waals surface area contributed by atoms with Gasteiger partial charge in [0, 0.05) is 43.6 Å². The number of hydrogen-bond acceptors (Lipinski definition) is 4. The smallest absolute Gasteiger partial charge is 0.243 e. The molecule has 2 N–H and O–H groups in total. The van der Waals surface area contributed by atoms with Crippen molar-refractivity contribution in [3.05, 3.63) is 54.7 Å². The number of nitrogens with one attached hydrogen (secondary N) is 1. The molecule has 0 bridgehead atoms. The largest absolute Gasteiger partial charge is 0.508 e. The summed E-state index contributed by atoms with van der Waals surface area (Å²) in [7, 11) is -3.50. The third-order valence-electron chi connectivity index (χ3n) is 4.62. The van der Waals surface area contributed by atoms with E-state index in [1.54, 1.807) is 30.5 Å². The van der Waals surface area contributed by atoms with Crippen molar-refractivity contribution in [2.24, 2.45) is 0 Å². The first-order chi connectivity index (χ1) is 12.0. The number of benzene rings is 2. The number of aromatic hydroxyl groups is 1. The molecule has 0 atom stereocenters. The molecule has 0 radical (unpaired) electrons. The van der Waals surface area contributed by atoms with Crippen LogP contribution in [0.3, 0.4) is 0 Å². The van der Waals surface area contributed by atoms with E-state index in [1.807, 2.05) is 24.3 Å². The van der Waals surface area contributed by atoms with Gasteiger partial charge in [0.2, 0.25) is 10.0 Å². The van der Waals surface area contributed by atoms with Crippen molar-refractivity contribution in [1.82, 2.24) is 9.29 Å². The zero-order valence-corrected chi connectivity index (χ0v) is 14.4. The summed E-state index contributed by atoms with van der Waals surface area (Å²) in [6.07, 6.45) is 1.80. The van der Waals surface area contributed by atoms with Gasteiger partial charge in [-0.15, -0.1) is 0 Å². The molecule has 0 aliphatic carbocycles. The molecule has 1 aromatic heterocycles. The quantitative estimate of drug-likeness (QED) is 0.755. The van der Waals surface area contributed by atoms with Gasteiger partial charge in [-0.05, 0) is 47.9 Å². The van der Waals surface area contributed by atoms with Gasteiger partial charge in [0.25, 0.3) is 0 Å². The van der Waals surface area contributed by atoms with Gasteiger partial charge in [-0.3, -0.25) is 0 Å². The number of nitrogens with zero attached hydrogens (tertiary/aromatic N) is 2. The standard InChI is InChI=1S/C18H19N3O3S/c22-16-4-2-15(3-5-16)20-9-11-21(12-10-20)25(23,24)17-6-1-14-7-8-19-18(14)13-17/h1-8,13,19,22H,9-12H2. The number of aromatic nitrogens is 1. The summed E-state index contributed by atoms with van der Waals surface area (Å²) in [5.41, 5.74) is 1.81. The van der Waals surface area contributed by atoms with E-state index < -0.39 is 10.0 Å². The van der Waals surface area contributed by atoms with Crippen molar-refractivity contribution in [3.63, 3.8) is 0 Å². The lowest BCUT2D eigenvalue weighted by Crippen LogP contribution is -2.48. The number of piperazine rings is 1. The molecule has 25 heavy (non-hydrogen) atoms. The number of phenols is 1. The van der Waals surface area contributed by atoms with E-state index in [-0.39, 0.29) is 5.75 Å². The summed E-state index contributed by atoms with van der Waals surface area (Å²) in [6.45, 7) is 2.11. The third-order valence-corrected chi connectivity index (χ3v) is 6.51. The highest BCUT2D eigenvalue weighted by Crippen LogP contribution is 2.24. The molecule has 2 heterocycles. The van der Waals surface area contributed by atoms with Crippen molar-refractivity contribution < 1.29 is 13.5 Å². The minimum atomic E-state index is -3.50. The molecule has 0 amide bonds. The average molecular weight is 357 g/mol. The molecule has 1 aliphatic heterocycles. The van der Waals surface area contributed by atoms with Crippen LogP contribution in [0.15, 0.2) is 59.6 Å². The van der Waals surface area contributed by atoms with Gasteiger partial charge in [0.05, 0.1) is 4.90 Å². The minimum absolute atomic E-state index is 0.227. The van der Waals surface area contributed by atoms with Crippen molar-refractivity contribution in [1.29, 1.82) is 0 Å². The van der Waals surface area contributed by atoms with Gasteiger partial charge in [0.1, 0.15) is 5.75 Å². The molecule has 6 nitrogen and oxygen atoms in total. The van der Waals surface area contributed by atoms with Crippen LogP contribution in [0.4, 0.5) is 5.69 Å². The monoisotopic (exact) mass is 357 g/mol. The van der Waals surface area contributed by atoms with Crippen molar-refractivity contribution in [2.75, 3.05) is 31.1 Å². The summed E-state index contributed by atoms with van der Waals surface area (Å²) >= 11 is 0. The Morgan fingerprint density at radius 2 is 1.64 bits per heavy atom. The zero-order valence-electron chi connectivity index (χ0n) is 13.6. The van der Waals surface area contributed by atoms with Gasteiger partial charge in [-0.25, -0.2) is 8.42 Å². The molecule has 1 fully saturated rings. The maximum atomic E-state index is 12.9. The molecule has 1 aliphatic rings. The molecular weight excluding hydrogens is 338 g/mol.